The average molecular weight is 444 g/mol. The van der Waals surface area contributed by atoms with Crippen molar-refractivity contribution in [2.45, 2.75) is 26.0 Å². The normalized spacial score (nSPS) is 12.9. The van der Waals surface area contributed by atoms with Crippen LogP contribution in [0.5, 0.6) is 11.5 Å². The van der Waals surface area contributed by atoms with Crippen molar-refractivity contribution < 1.29 is 32.5 Å². The zero-order valence-electron chi connectivity index (χ0n) is 16.9. The Bertz CT molecular complexity index is 1160. The maximum atomic E-state index is 14.0. The Hall–Kier alpha value is -3.75. The second-order valence-electron chi connectivity index (χ2n) is 7.30. The maximum absolute atomic E-state index is 14.0. The van der Waals surface area contributed by atoms with E-state index in [1.807, 2.05) is 4.90 Å². The Labute approximate surface area is 181 Å². The number of pyridine rings is 1. The molecule has 32 heavy (non-hydrogen) atoms. The van der Waals surface area contributed by atoms with Crippen molar-refractivity contribution in [2.75, 3.05) is 11.4 Å². The lowest BCUT2D eigenvalue weighted by atomic mass is 10.0. The fourth-order valence-electron chi connectivity index (χ4n) is 3.71. The van der Waals surface area contributed by atoms with Gasteiger partial charge in [-0.2, -0.15) is 0 Å². The van der Waals surface area contributed by atoms with Gasteiger partial charge in [0, 0.05) is 35.8 Å². The fraction of sp³-hybridized carbons (Fsp3) is 0.217. The average Bonchev–Trinajstić information content (AvgIpc) is 2.74. The van der Waals surface area contributed by atoms with Crippen molar-refractivity contribution in [2.24, 2.45) is 0 Å². The summed E-state index contributed by atoms with van der Waals surface area (Å²) in [4.78, 5) is 17.0. The molecule has 0 amide bonds. The summed E-state index contributed by atoms with van der Waals surface area (Å²) in [5, 5.41) is 8.95. The van der Waals surface area contributed by atoms with Gasteiger partial charge in [-0.05, 0) is 43.2 Å². The molecule has 0 bridgehead atoms. The number of fused-ring (bicyclic) bond motifs is 1. The molecule has 0 spiro atoms. The van der Waals surface area contributed by atoms with Gasteiger partial charge in [-0.1, -0.05) is 0 Å². The number of halogens is 3. The number of aromatic nitrogens is 1. The molecule has 2 heterocycles. The second kappa shape index (κ2) is 9.17. The van der Waals surface area contributed by atoms with E-state index in [9.17, 15) is 18.0 Å². The summed E-state index contributed by atoms with van der Waals surface area (Å²) in [5.41, 5.74) is 2.09. The van der Waals surface area contributed by atoms with Crippen LogP contribution in [0.1, 0.15) is 23.1 Å². The van der Waals surface area contributed by atoms with Crippen LogP contribution in [0.4, 0.5) is 23.7 Å². The molecule has 1 N–H and O–H groups in total. The molecule has 2 aromatic carbocycles. The highest BCUT2D eigenvalue weighted by atomic mass is 19.1. The minimum Gasteiger partial charge on any atom is -0.488 e. The lowest BCUT2D eigenvalue weighted by molar-refractivity contribution is 0.144. The molecule has 4 rings (SSSR count). The molecule has 1 aliphatic rings. The smallest absolute Gasteiger partial charge is 0.488 e. The molecule has 0 radical (unpaired) electrons. The fourth-order valence-corrected chi connectivity index (χ4v) is 3.71. The monoisotopic (exact) mass is 444 g/mol. The van der Waals surface area contributed by atoms with Crippen LogP contribution in [-0.4, -0.2) is 22.8 Å². The summed E-state index contributed by atoms with van der Waals surface area (Å²) in [6.45, 7) is 0.734. The Kier molecular flexibility index (Phi) is 6.16. The number of nitrogens with zero attached hydrogens (tertiary/aromatic N) is 2. The first-order valence-electron chi connectivity index (χ1n) is 9.88. The van der Waals surface area contributed by atoms with E-state index in [0.717, 1.165) is 18.6 Å². The minimum absolute atomic E-state index is 0.153. The number of carboxylic acid groups (broad SMARTS) is 1. The number of rotatable bonds is 6. The van der Waals surface area contributed by atoms with Gasteiger partial charge in [0.1, 0.15) is 29.8 Å². The van der Waals surface area contributed by atoms with Gasteiger partial charge < -0.3 is 19.5 Å². The molecule has 0 fully saturated rings. The molecular weight excluding hydrogens is 425 g/mol. The van der Waals surface area contributed by atoms with E-state index >= 15 is 0 Å². The Morgan fingerprint density at radius 3 is 2.59 bits per heavy atom. The van der Waals surface area contributed by atoms with Crippen molar-refractivity contribution in [3.63, 3.8) is 0 Å². The molecule has 3 aromatic rings. The first-order valence-corrected chi connectivity index (χ1v) is 9.88. The van der Waals surface area contributed by atoms with Crippen LogP contribution < -0.4 is 14.4 Å². The van der Waals surface area contributed by atoms with Gasteiger partial charge in [-0.15, -0.1) is 0 Å². The summed E-state index contributed by atoms with van der Waals surface area (Å²) in [6, 6.07) is 7.24. The number of hydrogen-bond acceptors (Lipinski definition) is 5. The van der Waals surface area contributed by atoms with E-state index < -0.39 is 23.6 Å². The van der Waals surface area contributed by atoms with E-state index in [2.05, 4.69) is 4.98 Å². The molecule has 0 saturated heterocycles. The minimum atomic E-state index is -1.42. The molecule has 0 aliphatic carbocycles. The molecule has 9 heteroatoms. The zero-order chi connectivity index (χ0) is 22.7. The van der Waals surface area contributed by atoms with Crippen molar-refractivity contribution in [3.8, 4) is 11.5 Å². The summed E-state index contributed by atoms with van der Waals surface area (Å²) in [7, 11) is 0. The van der Waals surface area contributed by atoms with Gasteiger partial charge in [0.25, 0.3) is 0 Å². The van der Waals surface area contributed by atoms with Crippen LogP contribution in [0.15, 0.2) is 48.8 Å². The molecule has 6 nitrogen and oxygen atoms in total. The zero-order valence-corrected chi connectivity index (χ0v) is 16.9. The van der Waals surface area contributed by atoms with Crippen molar-refractivity contribution in [1.29, 1.82) is 0 Å². The molecule has 1 aromatic heterocycles. The first kappa shape index (κ1) is 21.5. The lowest BCUT2D eigenvalue weighted by Crippen LogP contribution is -2.29. The van der Waals surface area contributed by atoms with E-state index in [0.29, 0.717) is 35.5 Å². The highest BCUT2D eigenvalue weighted by Gasteiger charge is 2.23. The van der Waals surface area contributed by atoms with Gasteiger partial charge in [-0.3, -0.25) is 4.98 Å². The summed E-state index contributed by atoms with van der Waals surface area (Å²) < 4.78 is 51.6. The standard InChI is InChI=1S/C23H19F3N2O4/c24-16-5-6-21(31-13-14-3-4-17(25)9-19(14)26)15(8-16)12-28-7-1-2-18-20(28)10-27-11-22(18)32-23(29)30/h3-6,8-11H,1-2,7,12-13H2,(H,29,30). The van der Waals surface area contributed by atoms with Crippen LogP contribution in [0.3, 0.4) is 0 Å². The topological polar surface area (TPSA) is 71.9 Å². The second-order valence-corrected chi connectivity index (χ2v) is 7.30. The van der Waals surface area contributed by atoms with Crippen LogP contribution in [0.2, 0.25) is 0 Å². The van der Waals surface area contributed by atoms with Crippen LogP contribution in [-0.2, 0) is 19.6 Å². The van der Waals surface area contributed by atoms with Crippen LogP contribution in [0.25, 0.3) is 0 Å². The molecule has 0 saturated carbocycles. The molecular formula is C23H19F3N2O4. The van der Waals surface area contributed by atoms with Crippen molar-refractivity contribution in [1.82, 2.24) is 4.98 Å². The number of benzene rings is 2. The predicted octanol–water partition coefficient (Wildman–Crippen LogP) is 5.09. The number of hydrogen-bond donors (Lipinski definition) is 1. The maximum Gasteiger partial charge on any atom is 0.511 e. The molecule has 166 valence electrons. The van der Waals surface area contributed by atoms with Crippen LogP contribution >= 0.6 is 0 Å². The Morgan fingerprint density at radius 2 is 1.81 bits per heavy atom. The van der Waals surface area contributed by atoms with Gasteiger partial charge in [-0.25, -0.2) is 18.0 Å². The first-order chi connectivity index (χ1) is 15.4. The third-order valence-electron chi connectivity index (χ3n) is 5.17. The SMILES string of the molecule is O=C(O)Oc1cncc2c1CCCN2Cc1cc(F)ccc1OCc1ccc(F)cc1F. The Balaban J connectivity index is 1.58. The van der Waals surface area contributed by atoms with Crippen LogP contribution in [0, 0.1) is 17.5 Å². The van der Waals surface area contributed by atoms with Crippen molar-refractivity contribution >= 4 is 11.8 Å². The summed E-state index contributed by atoms with van der Waals surface area (Å²) >= 11 is 0. The van der Waals surface area contributed by atoms with Gasteiger partial charge in [0.2, 0.25) is 0 Å². The van der Waals surface area contributed by atoms with Gasteiger partial charge in [0.15, 0.2) is 5.75 Å². The molecule has 0 atom stereocenters. The van der Waals surface area contributed by atoms with E-state index in [1.165, 1.54) is 30.5 Å². The Morgan fingerprint density at radius 1 is 1.03 bits per heavy atom. The largest absolute Gasteiger partial charge is 0.511 e. The van der Waals surface area contributed by atoms with E-state index in [4.69, 9.17) is 14.6 Å². The quantitative estimate of drug-likeness (QED) is 0.534. The highest BCUT2D eigenvalue weighted by molar-refractivity contribution is 5.66. The number of anilines is 1. The predicted molar refractivity (Wildman–Crippen MR) is 109 cm³/mol. The summed E-state index contributed by atoms with van der Waals surface area (Å²) in [5.74, 6) is -1.35. The molecule has 0 unspecified atom stereocenters. The van der Waals surface area contributed by atoms with Crippen molar-refractivity contribution in [3.05, 3.63) is 82.9 Å². The van der Waals surface area contributed by atoms with E-state index in [1.54, 1.807) is 6.20 Å². The number of ether oxygens (including phenoxy) is 2. The van der Waals surface area contributed by atoms with E-state index in [-0.39, 0.29) is 24.5 Å². The van der Waals surface area contributed by atoms with Gasteiger partial charge >= 0.3 is 6.16 Å². The molecule has 1 aliphatic heterocycles. The van der Waals surface area contributed by atoms with Gasteiger partial charge in [0.05, 0.1) is 18.1 Å². The summed E-state index contributed by atoms with van der Waals surface area (Å²) in [6.07, 6.45) is 2.89. The third kappa shape index (κ3) is 4.77. The lowest BCUT2D eigenvalue weighted by Gasteiger charge is -2.32. The third-order valence-corrected chi connectivity index (χ3v) is 5.17. The highest BCUT2D eigenvalue weighted by Crippen LogP contribution is 2.35. The number of carbonyl (C=O) groups is 1.